The fraction of sp³-hybridized carbons (Fsp3) is 0.0667. The lowest BCUT2D eigenvalue weighted by atomic mass is 10.1. The summed E-state index contributed by atoms with van der Waals surface area (Å²) < 4.78 is 0. The molecule has 1 amide bonds. The van der Waals surface area contributed by atoms with Crippen LogP contribution in [-0.2, 0) is 0 Å². The zero-order valence-electron chi connectivity index (χ0n) is 11.5. The fourth-order valence-electron chi connectivity index (χ4n) is 1.79. The van der Waals surface area contributed by atoms with E-state index in [2.05, 4.69) is 5.32 Å². The lowest BCUT2D eigenvalue weighted by Gasteiger charge is -2.07. The molecule has 0 saturated heterocycles. The van der Waals surface area contributed by atoms with Crippen LogP contribution in [0, 0.1) is 10.1 Å². The number of nitro benzene ring substituents is 1. The van der Waals surface area contributed by atoms with Gasteiger partial charge in [-0.1, -0.05) is 11.6 Å². The Morgan fingerprint density at radius 1 is 1.14 bits per heavy atom. The first-order chi connectivity index (χ1) is 10.4. The number of nitro groups is 1. The van der Waals surface area contributed by atoms with Gasteiger partial charge >= 0.3 is 0 Å². The van der Waals surface area contributed by atoms with Gasteiger partial charge in [0.25, 0.3) is 11.6 Å². The molecular weight excluding hydrogens is 308 g/mol. The number of benzene rings is 2. The summed E-state index contributed by atoms with van der Waals surface area (Å²) in [5.41, 5.74) is 0.964. The Morgan fingerprint density at radius 3 is 2.27 bits per heavy atom. The molecule has 0 aliphatic heterocycles. The van der Waals surface area contributed by atoms with Crippen molar-refractivity contribution in [3.8, 4) is 0 Å². The number of anilines is 1. The van der Waals surface area contributed by atoms with Crippen LogP contribution in [0.15, 0.2) is 42.5 Å². The molecule has 0 fully saturated rings. The quantitative estimate of drug-likeness (QED) is 0.528. The smallest absolute Gasteiger partial charge is 0.270 e. The van der Waals surface area contributed by atoms with Gasteiger partial charge in [-0.3, -0.25) is 19.7 Å². The average Bonchev–Trinajstić information content (AvgIpc) is 2.47. The van der Waals surface area contributed by atoms with Crippen LogP contribution >= 0.6 is 11.6 Å². The minimum absolute atomic E-state index is 0.00736. The van der Waals surface area contributed by atoms with Gasteiger partial charge in [-0.15, -0.1) is 0 Å². The van der Waals surface area contributed by atoms with E-state index in [0.717, 1.165) is 6.07 Å². The van der Waals surface area contributed by atoms with Crippen LogP contribution in [0.5, 0.6) is 0 Å². The van der Waals surface area contributed by atoms with Gasteiger partial charge in [0.1, 0.15) is 0 Å². The lowest BCUT2D eigenvalue weighted by molar-refractivity contribution is -0.384. The summed E-state index contributed by atoms with van der Waals surface area (Å²) in [6.07, 6.45) is 0. The molecule has 2 aromatic rings. The number of carbonyl (C=O) groups excluding carboxylic acids is 2. The molecule has 6 nitrogen and oxygen atoms in total. The molecule has 1 N–H and O–H groups in total. The van der Waals surface area contributed by atoms with Gasteiger partial charge in [0, 0.05) is 23.4 Å². The third-order valence-corrected chi connectivity index (χ3v) is 3.27. The second-order valence-corrected chi connectivity index (χ2v) is 4.92. The summed E-state index contributed by atoms with van der Waals surface area (Å²) in [6.45, 7) is 1.45. The zero-order valence-corrected chi connectivity index (χ0v) is 12.3. The molecule has 0 aliphatic carbocycles. The highest BCUT2D eigenvalue weighted by Crippen LogP contribution is 2.23. The Labute approximate surface area is 130 Å². The van der Waals surface area contributed by atoms with Crippen LogP contribution in [0.4, 0.5) is 11.4 Å². The Hall–Kier alpha value is -2.73. The maximum atomic E-state index is 12.1. The predicted octanol–water partition coefficient (Wildman–Crippen LogP) is 3.70. The molecule has 2 aromatic carbocycles. The monoisotopic (exact) mass is 318 g/mol. The number of hydrogen-bond acceptors (Lipinski definition) is 4. The number of carbonyl (C=O) groups is 2. The number of ketones is 1. The molecule has 22 heavy (non-hydrogen) atoms. The Balaban J connectivity index is 2.18. The van der Waals surface area contributed by atoms with Gasteiger partial charge in [0.15, 0.2) is 5.78 Å². The molecular formula is C15H11ClN2O4. The van der Waals surface area contributed by atoms with Gasteiger partial charge in [-0.25, -0.2) is 0 Å². The van der Waals surface area contributed by atoms with Crippen molar-refractivity contribution in [3.63, 3.8) is 0 Å². The highest BCUT2D eigenvalue weighted by molar-refractivity contribution is 6.34. The minimum Gasteiger partial charge on any atom is -0.322 e. The van der Waals surface area contributed by atoms with E-state index in [1.807, 2.05) is 0 Å². The first-order valence-electron chi connectivity index (χ1n) is 6.25. The summed E-state index contributed by atoms with van der Waals surface area (Å²) in [6, 6.07) is 9.99. The number of nitrogens with zero attached hydrogens (tertiary/aromatic N) is 1. The molecule has 2 rings (SSSR count). The van der Waals surface area contributed by atoms with Crippen LogP contribution in [0.25, 0.3) is 0 Å². The maximum absolute atomic E-state index is 12.1. The summed E-state index contributed by atoms with van der Waals surface area (Å²) in [7, 11) is 0. The molecule has 0 unspecified atom stereocenters. The number of non-ortho nitro benzene ring substituents is 1. The molecule has 0 spiro atoms. The molecule has 0 bridgehead atoms. The molecule has 0 saturated carbocycles. The zero-order chi connectivity index (χ0) is 16.3. The van der Waals surface area contributed by atoms with E-state index in [-0.39, 0.29) is 22.1 Å². The van der Waals surface area contributed by atoms with Crippen LogP contribution in [0.2, 0.25) is 5.02 Å². The van der Waals surface area contributed by atoms with Gasteiger partial charge < -0.3 is 5.32 Å². The standard InChI is InChI=1S/C15H11ClN2O4/c1-9(19)10-2-4-11(5-3-10)17-15(20)13-7-6-12(18(21)22)8-14(13)16/h2-8H,1H3,(H,17,20). The number of hydrogen-bond donors (Lipinski definition) is 1. The highest BCUT2D eigenvalue weighted by atomic mass is 35.5. The van der Waals surface area contributed by atoms with Crippen molar-refractivity contribution < 1.29 is 14.5 Å². The predicted molar refractivity (Wildman–Crippen MR) is 82.5 cm³/mol. The van der Waals surface area contributed by atoms with E-state index in [4.69, 9.17) is 11.6 Å². The average molecular weight is 319 g/mol. The van der Waals surface area contributed by atoms with E-state index in [0.29, 0.717) is 11.3 Å². The molecule has 0 radical (unpaired) electrons. The summed E-state index contributed by atoms with van der Waals surface area (Å²) in [5.74, 6) is -0.563. The largest absolute Gasteiger partial charge is 0.322 e. The highest BCUT2D eigenvalue weighted by Gasteiger charge is 2.15. The van der Waals surface area contributed by atoms with Gasteiger partial charge in [-0.05, 0) is 37.3 Å². The van der Waals surface area contributed by atoms with Crippen molar-refractivity contribution in [3.05, 3.63) is 68.7 Å². The van der Waals surface area contributed by atoms with E-state index in [9.17, 15) is 19.7 Å². The normalized spacial score (nSPS) is 10.1. The van der Waals surface area contributed by atoms with E-state index in [1.165, 1.54) is 19.1 Å². The Bertz CT molecular complexity index is 757. The molecule has 0 aromatic heterocycles. The van der Waals surface area contributed by atoms with Gasteiger partial charge in [0.05, 0.1) is 15.5 Å². The molecule has 0 heterocycles. The Morgan fingerprint density at radius 2 is 1.77 bits per heavy atom. The van der Waals surface area contributed by atoms with Gasteiger partial charge in [-0.2, -0.15) is 0 Å². The number of nitrogens with one attached hydrogen (secondary N) is 1. The van der Waals surface area contributed by atoms with Crippen LogP contribution in [0.3, 0.4) is 0 Å². The van der Waals surface area contributed by atoms with Crippen molar-refractivity contribution in [1.82, 2.24) is 0 Å². The van der Waals surface area contributed by atoms with E-state index < -0.39 is 10.8 Å². The Kier molecular flexibility index (Phi) is 4.53. The van der Waals surface area contributed by atoms with E-state index >= 15 is 0 Å². The molecule has 7 heteroatoms. The lowest BCUT2D eigenvalue weighted by Crippen LogP contribution is -2.12. The number of amides is 1. The SMILES string of the molecule is CC(=O)c1ccc(NC(=O)c2ccc([N+](=O)[O-])cc2Cl)cc1. The van der Waals surface area contributed by atoms with E-state index in [1.54, 1.807) is 24.3 Å². The minimum atomic E-state index is -0.589. The number of halogens is 1. The second-order valence-electron chi connectivity index (χ2n) is 4.51. The molecule has 0 aliphatic rings. The maximum Gasteiger partial charge on any atom is 0.270 e. The van der Waals surface area contributed by atoms with Crippen LogP contribution in [-0.4, -0.2) is 16.6 Å². The third kappa shape index (κ3) is 3.48. The third-order valence-electron chi connectivity index (χ3n) is 2.96. The fourth-order valence-corrected chi connectivity index (χ4v) is 2.05. The topological polar surface area (TPSA) is 89.3 Å². The van der Waals surface area contributed by atoms with Crippen LogP contribution in [0.1, 0.15) is 27.6 Å². The first kappa shape index (κ1) is 15.7. The molecule has 0 atom stereocenters. The van der Waals surface area contributed by atoms with Crippen molar-refractivity contribution in [1.29, 1.82) is 0 Å². The first-order valence-corrected chi connectivity index (χ1v) is 6.62. The van der Waals surface area contributed by atoms with Crippen molar-refractivity contribution >= 4 is 34.7 Å². The summed E-state index contributed by atoms with van der Waals surface area (Å²) in [5, 5.41) is 13.2. The van der Waals surface area contributed by atoms with Crippen molar-refractivity contribution in [2.45, 2.75) is 6.92 Å². The number of rotatable bonds is 4. The molecule has 112 valence electrons. The second kappa shape index (κ2) is 6.36. The van der Waals surface area contributed by atoms with Crippen LogP contribution < -0.4 is 5.32 Å². The van der Waals surface area contributed by atoms with Gasteiger partial charge in [0.2, 0.25) is 0 Å². The summed E-state index contributed by atoms with van der Waals surface area (Å²) >= 11 is 5.89. The number of Topliss-reactive ketones (excluding diaryl/α,β-unsaturated/α-hetero) is 1. The summed E-state index contributed by atoms with van der Waals surface area (Å²) in [4.78, 5) is 33.3. The van der Waals surface area contributed by atoms with Crippen molar-refractivity contribution in [2.24, 2.45) is 0 Å². The van der Waals surface area contributed by atoms with Crippen molar-refractivity contribution in [2.75, 3.05) is 5.32 Å².